The van der Waals surface area contributed by atoms with Gasteiger partial charge in [-0.15, -0.1) is 0 Å². The van der Waals surface area contributed by atoms with Crippen LogP contribution in [-0.2, 0) is 9.63 Å². The second kappa shape index (κ2) is 4.36. The third-order valence-corrected chi connectivity index (χ3v) is 3.87. The fraction of sp³-hybridized carbons (Fsp3) is 0.923. The van der Waals surface area contributed by atoms with E-state index in [1.807, 2.05) is 0 Å². The normalized spacial score (nSPS) is 27.5. The molecule has 0 heterocycles. The van der Waals surface area contributed by atoms with E-state index >= 15 is 0 Å². The molecule has 16 heavy (non-hydrogen) atoms. The second-order valence-corrected chi connectivity index (χ2v) is 6.44. The van der Waals surface area contributed by atoms with Crippen molar-refractivity contribution >= 4 is 5.91 Å². The number of rotatable bonds is 2. The Kier molecular flexibility index (Phi) is 3.68. The van der Waals surface area contributed by atoms with Gasteiger partial charge in [0, 0.05) is 13.0 Å². The van der Waals surface area contributed by atoms with E-state index in [4.69, 9.17) is 4.84 Å². The zero-order valence-corrected chi connectivity index (χ0v) is 11.5. The molecule has 3 heteroatoms. The molecule has 0 N–H and O–H groups in total. The van der Waals surface area contributed by atoms with Gasteiger partial charge in [0.25, 0.3) is 0 Å². The molecule has 1 aliphatic rings. The van der Waals surface area contributed by atoms with Gasteiger partial charge in [-0.2, -0.15) is 0 Å². The first-order valence-corrected chi connectivity index (χ1v) is 6.01. The molecule has 94 valence electrons. The molecular formula is C13H25NO2. The lowest BCUT2D eigenvalue weighted by molar-refractivity contribution is -0.180. The Morgan fingerprint density at radius 2 is 1.88 bits per heavy atom. The van der Waals surface area contributed by atoms with Crippen molar-refractivity contribution in [3.8, 4) is 0 Å². The first kappa shape index (κ1) is 13.5. The van der Waals surface area contributed by atoms with Crippen LogP contribution in [0, 0.1) is 16.7 Å². The van der Waals surface area contributed by atoms with Gasteiger partial charge in [0.1, 0.15) is 0 Å². The van der Waals surface area contributed by atoms with Gasteiger partial charge in [0.05, 0.1) is 7.11 Å². The standard InChI is InChI=1S/C13H25NO2/c1-12(2)8-7-10(13(3,4)9-12)11(15)14(5)16-6/h10H,7-9H2,1-6H3. The number of carbonyl (C=O) groups excluding carboxylic acids is 1. The minimum atomic E-state index is 0.0611. The van der Waals surface area contributed by atoms with Gasteiger partial charge in [-0.05, 0) is 30.1 Å². The van der Waals surface area contributed by atoms with E-state index in [2.05, 4.69) is 27.7 Å². The summed E-state index contributed by atoms with van der Waals surface area (Å²) in [7, 11) is 3.23. The van der Waals surface area contributed by atoms with E-state index in [1.54, 1.807) is 7.05 Å². The minimum Gasteiger partial charge on any atom is -0.275 e. The summed E-state index contributed by atoms with van der Waals surface area (Å²) < 4.78 is 0. The van der Waals surface area contributed by atoms with E-state index in [1.165, 1.54) is 12.2 Å². The number of hydrogen-bond acceptors (Lipinski definition) is 2. The van der Waals surface area contributed by atoms with Crippen LogP contribution in [0.15, 0.2) is 0 Å². The Balaban J connectivity index is 2.80. The SMILES string of the molecule is CON(C)C(=O)C1CCC(C)(C)CC1(C)C. The van der Waals surface area contributed by atoms with Crippen LogP contribution in [-0.4, -0.2) is 25.1 Å². The van der Waals surface area contributed by atoms with Crippen LogP contribution >= 0.6 is 0 Å². The van der Waals surface area contributed by atoms with Gasteiger partial charge in [-0.25, -0.2) is 5.06 Å². The van der Waals surface area contributed by atoms with Crippen LogP contribution in [0.3, 0.4) is 0 Å². The van der Waals surface area contributed by atoms with Crippen LogP contribution in [0.2, 0.25) is 0 Å². The number of hydroxylamine groups is 2. The fourth-order valence-electron chi connectivity index (χ4n) is 3.14. The first-order valence-electron chi connectivity index (χ1n) is 6.01. The monoisotopic (exact) mass is 227 g/mol. The molecule has 1 amide bonds. The van der Waals surface area contributed by atoms with E-state index < -0.39 is 0 Å². The Hall–Kier alpha value is -0.570. The Bertz CT molecular complexity index is 271. The third-order valence-electron chi connectivity index (χ3n) is 3.87. The summed E-state index contributed by atoms with van der Waals surface area (Å²) in [6.45, 7) is 8.96. The molecule has 1 rings (SSSR count). The largest absolute Gasteiger partial charge is 0.275 e. The van der Waals surface area contributed by atoms with Crippen molar-refractivity contribution < 1.29 is 9.63 Å². The predicted octanol–water partition coefficient (Wildman–Crippen LogP) is 2.86. The van der Waals surface area contributed by atoms with Crippen molar-refractivity contribution in [3.63, 3.8) is 0 Å². The molecule has 1 fully saturated rings. The second-order valence-electron chi connectivity index (χ2n) is 6.44. The Morgan fingerprint density at radius 1 is 1.31 bits per heavy atom. The van der Waals surface area contributed by atoms with Crippen LogP contribution in [0.4, 0.5) is 0 Å². The van der Waals surface area contributed by atoms with Crippen LogP contribution in [0.5, 0.6) is 0 Å². The lowest BCUT2D eigenvalue weighted by atomic mass is 9.60. The maximum Gasteiger partial charge on any atom is 0.249 e. The topological polar surface area (TPSA) is 29.5 Å². The molecule has 1 atom stereocenters. The average Bonchev–Trinajstić information content (AvgIpc) is 2.12. The summed E-state index contributed by atoms with van der Waals surface area (Å²) in [4.78, 5) is 17.2. The predicted molar refractivity (Wildman–Crippen MR) is 64.7 cm³/mol. The molecule has 0 saturated heterocycles. The highest BCUT2D eigenvalue weighted by atomic mass is 16.7. The van der Waals surface area contributed by atoms with Crippen molar-refractivity contribution in [2.75, 3.05) is 14.2 Å². The Labute approximate surface area is 99.1 Å². The van der Waals surface area contributed by atoms with Crippen LogP contribution in [0.1, 0.15) is 47.0 Å². The van der Waals surface area contributed by atoms with E-state index in [0.717, 1.165) is 19.3 Å². The summed E-state index contributed by atoms with van der Waals surface area (Å²) in [6.07, 6.45) is 3.17. The molecule has 1 aliphatic carbocycles. The quantitative estimate of drug-likeness (QED) is 0.679. The minimum absolute atomic E-state index is 0.0611. The molecule has 3 nitrogen and oxygen atoms in total. The molecule has 0 bridgehead atoms. The van der Waals surface area contributed by atoms with Crippen LogP contribution < -0.4 is 0 Å². The Morgan fingerprint density at radius 3 is 2.31 bits per heavy atom. The van der Waals surface area contributed by atoms with E-state index in [-0.39, 0.29) is 17.2 Å². The number of amides is 1. The fourth-order valence-corrected chi connectivity index (χ4v) is 3.14. The number of nitrogens with zero attached hydrogens (tertiary/aromatic N) is 1. The highest BCUT2D eigenvalue weighted by Crippen LogP contribution is 2.49. The number of hydrogen-bond donors (Lipinski definition) is 0. The van der Waals surface area contributed by atoms with Gasteiger partial charge in [0.2, 0.25) is 5.91 Å². The van der Waals surface area contributed by atoms with Gasteiger partial charge in [-0.1, -0.05) is 27.7 Å². The maximum absolute atomic E-state index is 12.2. The molecule has 0 aromatic rings. The lowest BCUT2D eigenvalue weighted by Gasteiger charge is -2.46. The van der Waals surface area contributed by atoms with E-state index in [0.29, 0.717) is 5.41 Å². The van der Waals surface area contributed by atoms with Crippen molar-refractivity contribution in [1.29, 1.82) is 0 Å². The van der Waals surface area contributed by atoms with Gasteiger partial charge >= 0.3 is 0 Å². The molecule has 0 aromatic carbocycles. The summed E-state index contributed by atoms with van der Waals surface area (Å²) in [5.41, 5.74) is 0.414. The van der Waals surface area contributed by atoms with Crippen LogP contribution in [0.25, 0.3) is 0 Å². The average molecular weight is 227 g/mol. The first-order chi connectivity index (χ1) is 7.19. The number of carbonyl (C=O) groups is 1. The molecule has 0 aromatic heterocycles. The van der Waals surface area contributed by atoms with Gasteiger partial charge in [-0.3, -0.25) is 9.63 Å². The van der Waals surface area contributed by atoms with Crippen molar-refractivity contribution in [3.05, 3.63) is 0 Å². The molecule has 1 unspecified atom stereocenters. The zero-order chi connectivity index (χ0) is 12.6. The third kappa shape index (κ3) is 2.76. The molecular weight excluding hydrogens is 202 g/mol. The molecule has 0 spiro atoms. The maximum atomic E-state index is 12.2. The highest BCUT2D eigenvalue weighted by Gasteiger charge is 2.44. The molecule has 1 saturated carbocycles. The summed E-state index contributed by atoms with van der Waals surface area (Å²) in [5, 5.41) is 1.37. The lowest BCUT2D eigenvalue weighted by Crippen LogP contribution is -2.45. The van der Waals surface area contributed by atoms with Crippen molar-refractivity contribution in [1.82, 2.24) is 5.06 Å². The zero-order valence-electron chi connectivity index (χ0n) is 11.5. The molecule has 0 aliphatic heterocycles. The smallest absolute Gasteiger partial charge is 0.249 e. The highest BCUT2D eigenvalue weighted by molar-refractivity contribution is 5.78. The summed E-state index contributed by atoms with van der Waals surface area (Å²) in [6, 6.07) is 0. The van der Waals surface area contributed by atoms with Crippen molar-refractivity contribution in [2.24, 2.45) is 16.7 Å². The summed E-state index contributed by atoms with van der Waals surface area (Å²) >= 11 is 0. The van der Waals surface area contributed by atoms with E-state index in [9.17, 15) is 4.79 Å². The summed E-state index contributed by atoms with van der Waals surface area (Å²) in [5.74, 6) is 0.202. The van der Waals surface area contributed by atoms with Crippen molar-refractivity contribution in [2.45, 2.75) is 47.0 Å². The molecule has 0 radical (unpaired) electrons. The van der Waals surface area contributed by atoms with Gasteiger partial charge < -0.3 is 0 Å². The van der Waals surface area contributed by atoms with Gasteiger partial charge in [0.15, 0.2) is 0 Å².